The van der Waals surface area contributed by atoms with Crippen LogP contribution in [0.25, 0.3) is 0 Å². The number of nitrogens with zero attached hydrogens (tertiary/aromatic N) is 1. The Labute approximate surface area is 145 Å². The van der Waals surface area contributed by atoms with Crippen molar-refractivity contribution >= 4 is 11.8 Å². The number of halogens is 1. The molecular weight excluding hydrogens is 323 g/mol. The minimum Gasteiger partial charge on any atom is -0.380 e. The van der Waals surface area contributed by atoms with Crippen molar-refractivity contribution in [2.24, 2.45) is 0 Å². The van der Waals surface area contributed by atoms with Crippen LogP contribution in [0.5, 0.6) is 0 Å². The number of amides is 2. The molecule has 1 atom stereocenters. The quantitative estimate of drug-likeness (QED) is 0.927. The molecule has 1 unspecified atom stereocenters. The Morgan fingerprint density at radius 1 is 1.28 bits per heavy atom. The van der Waals surface area contributed by atoms with Crippen LogP contribution in [0.1, 0.15) is 27.5 Å². The molecule has 2 amide bonds. The Morgan fingerprint density at radius 3 is 2.84 bits per heavy atom. The van der Waals surface area contributed by atoms with Crippen LogP contribution < -0.4 is 5.32 Å². The minimum absolute atomic E-state index is 0.262. The molecule has 1 N–H and O–H groups in total. The lowest BCUT2D eigenvalue weighted by Gasteiger charge is -2.35. The Hall–Kier alpha value is -2.73. The third-order valence-electron chi connectivity index (χ3n) is 4.12. The van der Waals surface area contributed by atoms with Gasteiger partial charge in [0.1, 0.15) is 11.9 Å². The van der Waals surface area contributed by atoms with E-state index in [1.54, 1.807) is 31.4 Å². The van der Waals surface area contributed by atoms with Crippen LogP contribution in [-0.4, -0.2) is 36.9 Å². The minimum atomic E-state index is -0.844. The molecule has 0 bridgehead atoms. The van der Waals surface area contributed by atoms with Gasteiger partial charge in [-0.25, -0.2) is 4.39 Å². The Balaban J connectivity index is 1.93. The van der Waals surface area contributed by atoms with Crippen molar-refractivity contribution in [2.45, 2.75) is 12.6 Å². The monoisotopic (exact) mass is 342 g/mol. The molecule has 25 heavy (non-hydrogen) atoms. The Morgan fingerprint density at radius 2 is 2.08 bits per heavy atom. The van der Waals surface area contributed by atoms with Crippen molar-refractivity contribution in [3.05, 3.63) is 71.0 Å². The number of hydrogen-bond acceptors (Lipinski definition) is 3. The van der Waals surface area contributed by atoms with Crippen molar-refractivity contribution in [1.29, 1.82) is 0 Å². The Kier molecular flexibility index (Phi) is 5.09. The van der Waals surface area contributed by atoms with Crippen LogP contribution in [0.2, 0.25) is 0 Å². The smallest absolute Gasteiger partial charge is 0.254 e. The fraction of sp³-hybridized carbons (Fsp3) is 0.263. The Bertz CT molecular complexity index is 794. The summed E-state index contributed by atoms with van der Waals surface area (Å²) in [5.74, 6) is -1.01. The summed E-state index contributed by atoms with van der Waals surface area (Å²) < 4.78 is 18.7. The van der Waals surface area contributed by atoms with Gasteiger partial charge in [-0.05, 0) is 35.4 Å². The maximum atomic E-state index is 13.6. The largest absolute Gasteiger partial charge is 0.380 e. The predicted octanol–water partition coefficient (Wildman–Crippen LogP) is 2.29. The van der Waals surface area contributed by atoms with Gasteiger partial charge in [-0.15, -0.1) is 0 Å². The van der Waals surface area contributed by atoms with E-state index >= 15 is 0 Å². The van der Waals surface area contributed by atoms with Gasteiger partial charge in [0.05, 0.1) is 6.61 Å². The lowest BCUT2D eigenvalue weighted by atomic mass is 10.0. The van der Waals surface area contributed by atoms with E-state index in [9.17, 15) is 14.0 Å². The number of methoxy groups -OCH3 is 1. The van der Waals surface area contributed by atoms with Crippen molar-refractivity contribution in [1.82, 2.24) is 10.2 Å². The van der Waals surface area contributed by atoms with Gasteiger partial charge in [0.25, 0.3) is 5.91 Å². The van der Waals surface area contributed by atoms with Gasteiger partial charge in [-0.3, -0.25) is 9.59 Å². The number of benzene rings is 2. The lowest BCUT2D eigenvalue weighted by molar-refractivity contribution is -0.128. The first-order valence-corrected chi connectivity index (χ1v) is 8.02. The second-order valence-electron chi connectivity index (χ2n) is 5.88. The number of carbonyl (C=O) groups is 2. The molecular formula is C19H19FN2O3. The van der Waals surface area contributed by atoms with Crippen LogP contribution in [0.4, 0.5) is 4.39 Å². The van der Waals surface area contributed by atoms with Gasteiger partial charge in [-0.1, -0.05) is 24.3 Å². The number of rotatable bonds is 4. The van der Waals surface area contributed by atoms with Crippen LogP contribution in [-0.2, 0) is 16.1 Å². The maximum Gasteiger partial charge on any atom is 0.254 e. The molecule has 1 saturated heterocycles. The highest BCUT2D eigenvalue weighted by molar-refractivity contribution is 5.98. The summed E-state index contributed by atoms with van der Waals surface area (Å²) in [4.78, 5) is 26.8. The molecule has 0 saturated carbocycles. The van der Waals surface area contributed by atoms with E-state index in [1.807, 2.05) is 6.07 Å². The molecule has 1 heterocycles. The number of piperazine rings is 1. The molecule has 3 rings (SSSR count). The number of hydrogen-bond donors (Lipinski definition) is 1. The normalized spacial score (nSPS) is 17.3. The van der Waals surface area contributed by atoms with Gasteiger partial charge < -0.3 is 15.0 Å². The SMILES string of the molecule is COCc1cccc(C(=O)N2CCNC(=O)C2c2cccc(F)c2)c1. The van der Waals surface area contributed by atoms with Gasteiger partial charge >= 0.3 is 0 Å². The van der Waals surface area contributed by atoms with E-state index in [2.05, 4.69) is 5.32 Å². The zero-order valence-corrected chi connectivity index (χ0v) is 13.9. The molecule has 5 nitrogen and oxygen atoms in total. The molecule has 1 aliphatic rings. The molecule has 130 valence electrons. The topological polar surface area (TPSA) is 58.6 Å². The molecule has 2 aromatic carbocycles. The van der Waals surface area contributed by atoms with Crippen LogP contribution in [0, 0.1) is 5.82 Å². The highest BCUT2D eigenvalue weighted by Crippen LogP contribution is 2.26. The standard InChI is InChI=1S/C19H19FN2O3/c1-25-12-13-4-2-6-15(10-13)19(24)22-9-8-21-18(23)17(22)14-5-3-7-16(20)11-14/h2-7,10-11,17H,8-9,12H2,1H3,(H,21,23). The van der Waals surface area contributed by atoms with E-state index in [-0.39, 0.29) is 11.8 Å². The fourth-order valence-electron chi connectivity index (χ4n) is 3.02. The fourth-order valence-corrected chi connectivity index (χ4v) is 3.02. The van der Waals surface area contributed by atoms with Crippen LogP contribution >= 0.6 is 0 Å². The van der Waals surface area contributed by atoms with Crippen molar-refractivity contribution in [3.8, 4) is 0 Å². The van der Waals surface area contributed by atoms with Gasteiger partial charge in [0, 0.05) is 25.8 Å². The first kappa shape index (κ1) is 17.1. The van der Waals surface area contributed by atoms with Crippen LogP contribution in [0.3, 0.4) is 0 Å². The third kappa shape index (κ3) is 3.69. The average Bonchev–Trinajstić information content (AvgIpc) is 2.61. The summed E-state index contributed by atoms with van der Waals surface area (Å²) in [6.45, 7) is 1.13. The highest BCUT2D eigenvalue weighted by Gasteiger charge is 2.35. The summed E-state index contributed by atoms with van der Waals surface area (Å²) in [6.07, 6.45) is 0. The first-order valence-electron chi connectivity index (χ1n) is 8.02. The molecule has 0 aromatic heterocycles. The first-order chi connectivity index (χ1) is 12.1. The maximum absolute atomic E-state index is 13.6. The number of nitrogens with one attached hydrogen (secondary N) is 1. The molecule has 0 radical (unpaired) electrons. The zero-order valence-electron chi connectivity index (χ0n) is 13.9. The summed E-state index contributed by atoms with van der Waals surface area (Å²) >= 11 is 0. The number of carbonyl (C=O) groups excluding carboxylic acids is 2. The molecule has 2 aromatic rings. The zero-order chi connectivity index (χ0) is 17.8. The van der Waals surface area contributed by atoms with Crippen molar-refractivity contribution < 1.29 is 18.7 Å². The van der Waals surface area contributed by atoms with Crippen LogP contribution in [0.15, 0.2) is 48.5 Å². The van der Waals surface area contributed by atoms with E-state index in [4.69, 9.17) is 4.74 Å². The second kappa shape index (κ2) is 7.44. The molecule has 1 aliphatic heterocycles. The summed E-state index contributed by atoms with van der Waals surface area (Å²) in [5, 5.41) is 2.74. The summed E-state index contributed by atoms with van der Waals surface area (Å²) in [6, 6.07) is 12.0. The molecule has 6 heteroatoms. The van der Waals surface area contributed by atoms with E-state index in [1.165, 1.54) is 23.1 Å². The number of ether oxygens (including phenoxy) is 1. The molecule has 0 spiro atoms. The second-order valence-corrected chi connectivity index (χ2v) is 5.88. The van der Waals surface area contributed by atoms with Gasteiger partial charge in [0.15, 0.2) is 0 Å². The van der Waals surface area contributed by atoms with E-state index in [0.29, 0.717) is 30.8 Å². The van der Waals surface area contributed by atoms with Gasteiger partial charge in [0.2, 0.25) is 5.91 Å². The summed E-state index contributed by atoms with van der Waals surface area (Å²) in [5.41, 5.74) is 1.81. The lowest BCUT2D eigenvalue weighted by Crippen LogP contribution is -2.52. The average molecular weight is 342 g/mol. The predicted molar refractivity (Wildman–Crippen MR) is 90.3 cm³/mol. The van der Waals surface area contributed by atoms with E-state index < -0.39 is 11.9 Å². The van der Waals surface area contributed by atoms with Crippen molar-refractivity contribution in [2.75, 3.05) is 20.2 Å². The highest BCUT2D eigenvalue weighted by atomic mass is 19.1. The van der Waals surface area contributed by atoms with Gasteiger partial charge in [-0.2, -0.15) is 0 Å². The summed E-state index contributed by atoms with van der Waals surface area (Å²) in [7, 11) is 1.59. The molecule has 1 fully saturated rings. The van der Waals surface area contributed by atoms with Crippen molar-refractivity contribution in [3.63, 3.8) is 0 Å². The van der Waals surface area contributed by atoms with E-state index in [0.717, 1.165) is 5.56 Å². The third-order valence-corrected chi connectivity index (χ3v) is 4.12. The molecule has 0 aliphatic carbocycles.